The SMILES string of the molecule is Cc1ccc(CC2C(=O)c3ccccc3CC23CN(Cc2ccc(C)cc2)C3)cc1. The maximum atomic E-state index is 13.6. The summed E-state index contributed by atoms with van der Waals surface area (Å²) in [6.45, 7) is 7.20. The van der Waals surface area contributed by atoms with E-state index >= 15 is 0 Å². The van der Waals surface area contributed by atoms with Crippen LogP contribution in [0.1, 0.15) is 38.2 Å². The molecule has 1 unspecified atom stereocenters. The van der Waals surface area contributed by atoms with Crippen LogP contribution in [0.3, 0.4) is 0 Å². The standard InChI is InChI=1S/C28H29NO/c1-20-7-11-22(12-8-20)15-26-27(30)25-6-4-3-5-24(25)16-28(26)18-29(19-28)17-23-13-9-21(2)10-14-23/h3-14,26H,15-19H2,1-2H3. The minimum Gasteiger partial charge on any atom is -0.298 e. The summed E-state index contributed by atoms with van der Waals surface area (Å²) in [6.07, 6.45) is 1.85. The quantitative estimate of drug-likeness (QED) is 0.589. The van der Waals surface area contributed by atoms with Gasteiger partial charge in [0.25, 0.3) is 0 Å². The van der Waals surface area contributed by atoms with Gasteiger partial charge in [0.05, 0.1) is 0 Å². The smallest absolute Gasteiger partial charge is 0.167 e. The van der Waals surface area contributed by atoms with E-state index in [9.17, 15) is 4.79 Å². The zero-order chi connectivity index (χ0) is 20.7. The van der Waals surface area contributed by atoms with E-state index in [0.717, 1.165) is 38.0 Å². The molecule has 1 aliphatic heterocycles. The molecule has 2 aliphatic rings. The van der Waals surface area contributed by atoms with Crippen LogP contribution < -0.4 is 0 Å². The fourth-order valence-electron chi connectivity index (χ4n) is 5.39. The summed E-state index contributed by atoms with van der Waals surface area (Å²) in [4.78, 5) is 16.1. The average Bonchev–Trinajstić information content (AvgIpc) is 2.72. The van der Waals surface area contributed by atoms with E-state index in [2.05, 4.69) is 79.4 Å². The summed E-state index contributed by atoms with van der Waals surface area (Å²) >= 11 is 0. The molecule has 152 valence electrons. The van der Waals surface area contributed by atoms with Crippen LogP contribution in [0.2, 0.25) is 0 Å². The molecule has 0 amide bonds. The van der Waals surface area contributed by atoms with Crippen LogP contribution in [0.5, 0.6) is 0 Å². The normalized spacial score (nSPS) is 20.1. The first-order chi connectivity index (χ1) is 14.5. The lowest BCUT2D eigenvalue weighted by molar-refractivity contribution is -0.0463. The molecule has 0 radical (unpaired) electrons. The van der Waals surface area contributed by atoms with E-state index in [1.807, 2.05) is 12.1 Å². The second-order valence-electron chi connectivity index (χ2n) is 9.43. The van der Waals surface area contributed by atoms with Gasteiger partial charge in [-0.15, -0.1) is 0 Å². The van der Waals surface area contributed by atoms with E-state index in [1.165, 1.54) is 27.8 Å². The summed E-state index contributed by atoms with van der Waals surface area (Å²) in [5.41, 5.74) is 7.42. The van der Waals surface area contributed by atoms with Gasteiger partial charge in [-0.05, 0) is 43.4 Å². The fourth-order valence-corrected chi connectivity index (χ4v) is 5.39. The number of nitrogens with zero attached hydrogens (tertiary/aromatic N) is 1. The summed E-state index contributed by atoms with van der Waals surface area (Å²) in [6, 6.07) is 25.8. The van der Waals surface area contributed by atoms with E-state index in [0.29, 0.717) is 5.78 Å². The second kappa shape index (κ2) is 7.52. The summed E-state index contributed by atoms with van der Waals surface area (Å²) in [7, 11) is 0. The number of carbonyl (C=O) groups excluding carboxylic acids is 1. The molecule has 30 heavy (non-hydrogen) atoms. The molecule has 0 N–H and O–H groups in total. The van der Waals surface area contributed by atoms with Gasteiger partial charge in [-0.3, -0.25) is 9.69 Å². The summed E-state index contributed by atoms with van der Waals surface area (Å²) in [5.74, 6) is 0.400. The van der Waals surface area contributed by atoms with Crippen LogP contribution in [0.4, 0.5) is 0 Å². The third-order valence-corrected chi connectivity index (χ3v) is 7.05. The molecule has 0 bridgehead atoms. The van der Waals surface area contributed by atoms with Crippen molar-refractivity contribution in [3.8, 4) is 0 Å². The first-order valence-corrected chi connectivity index (χ1v) is 11.0. The Hall–Kier alpha value is -2.71. The van der Waals surface area contributed by atoms with E-state index in [4.69, 9.17) is 0 Å². The van der Waals surface area contributed by atoms with Crippen molar-refractivity contribution >= 4 is 5.78 Å². The highest BCUT2D eigenvalue weighted by atomic mass is 16.1. The van der Waals surface area contributed by atoms with Crippen molar-refractivity contribution in [1.82, 2.24) is 4.90 Å². The lowest BCUT2D eigenvalue weighted by Gasteiger charge is -2.56. The van der Waals surface area contributed by atoms with Gasteiger partial charge >= 0.3 is 0 Å². The first kappa shape index (κ1) is 19.3. The molecular formula is C28H29NO. The van der Waals surface area contributed by atoms with Gasteiger partial charge in [0, 0.05) is 36.5 Å². The fraction of sp³-hybridized carbons (Fsp3) is 0.321. The Morgan fingerprint density at radius 3 is 2.10 bits per heavy atom. The molecule has 1 atom stereocenters. The van der Waals surface area contributed by atoms with Gasteiger partial charge < -0.3 is 0 Å². The molecule has 1 spiro atoms. The van der Waals surface area contributed by atoms with Gasteiger partial charge in [0.1, 0.15) is 0 Å². The van der Waals surface area contributed by atoms with Crippen molar-refractivity contribution in [2.24, 2.45) is 11.3 Å². The van der Waals surface area contributed by atoms with Crippen molar-refractivity contribution in [2.45, 2.75) is 33.2 Å². The molecular weight excluding hydrogens is 366 g/mol. The molecule has 1 heterocycles. The Kier molecular flexibility index (Phi) is 4.83. The number of Topliss-reactive ketones (excluding diaryl/α,β-unsaturated/α-hetero) is 1. The number of aryl methyl sites for hydroxylation is 2. The van der Waals surface area contributed by atoms with Crippen LogP contribution in [0.25, 0.3) is 0 Å². The lowest BCUT2D eigenvalue weighted by Crippen LogP contribution is -2.63. The van der Waals surface area contributed by atoms with Crippen LogP contribution in [0.15, 0.2) is 72.8 Å². The average molecular weight is 396 g/mol. The first-order valence-electron chi connectivity index (χ1n) is 11.0. The van der Waals surface area contributed by atoms with Crippen molar-refractivity contribution < 1.29 is 4.79 Å². The Labute approximate surface area is 179 Å². The molecule has 0 saturated carbocycles. The Balaban J connectivity index is 1.40. The van der Waals surface area contributed by atoms with Crippen LogP contribution >= 0.6 is 0 Å². The summed E-state index contributed by atoms with van der Waals surface area (Å²) in [5, 5.41) is 0. The molecule has 0 aromatic heterocycles. The second-order valence-corrected chi connectivity index (χ2v) is 9.43. The van der Waals surface area contributed by atoms with E-state index in [1.54, 1.807) is 0 Å². The Bertz CT molecular complexity index is 1060. The zero-order valence-corrected chi connectivity index (χ0v) is 17.9. The minimum atomic E-state index is 0.0566. The number of likely N-dealkylation sites (tertiary alicyclic amines) is 1. The third-order valence-electron chi connectivity index (χ3n) is 7.05. The number of hydrogen-bond donors (Lipinski definition) is 0. The lowest BCUT2D eigenvalue weighted by atomic mass is 9.58. The van der Waals surface area contributed by atoms with Crippen molar-refractivity contribution in [1.29, 1.82) is 0 Å². The Morgan fingerprint density at radius 2 is 1.43 bits per heavy atom. The molecule has 1 saturated heterocycles. The number of carbonyl (C=O) groups is 1. The zero-order valence-electron chi connectivity index (χ0n) is 17.9. The molecule has 1 fully saturated rings. The highest BCUT2D eigenvalue weighted by Gasteiger charge is 2.53. The van der Waals surface area contributed by atoms with Gasteiger partial charge in [0.15, 0.2) is 5.78 Å². The van der Waals surface area contributed by atoms with Crippen molar-refractivity contribution in [3.05, 3.63) is 106 Å². The molecule has 2 heteroatoms. The molecule has 1 aliphatic carbocycles. The summed E-state index contributed by atoms with van der Waals surface area (Å²) < 4.78 is 0. The largest absolute Gasteiger partial charge is 0.298 e. The van der Waals surface area contributed by atoms with E-state index in [-0.39, 0.29) is 11.3 Å². The molecule has 3 aromatic rings. The highest BCUT2D eigenvalue weighted by molar-refractivity contribution is 6.01. The predicted octanol–water partition coefficient (Wildman–Crippen LogP) is 5.40. The number of rotatable bonds is 4. The van der Waals surface area contributed by atoms with E-state index < -0.39 is 0 Å². The monoisotopic (exact) mass is 395 g/mol. The number of hydrogen-bond acceptors (Lipinski definition) is 2. The van der Waals surface area contributed by atoms with Crippen molar-refractivity contribution in [2.75, 3.05) is 13.1 Å². The van der Waals surface area contributed by atoms with Gasteiger partial charge in [-0.2, -0.15) is 0 Å². The maximum absolute atomic E-state index is 13.6. The van der Waals surface area contributed by atoms with Crippen LogP contribution in [-0.2, 0) is 19.4 Å². The van der Waals surface area contributed by atoms with Crippen LogP contribution in [0, 0.1) is 25.2 Å². The van der Waals surface area contributed by atoms with Gasteiger partial charge in [-0.25, -0.2) is 0 Å². The molecule has 3 aromatic carbocycles. The Morgan fingerprint density at radius 1 is 0.833 bits per heavy atom. The van der Waals surface area contributed by atoms with Crippen molar-refractivity contribution in [3.63, 3.8) is 0 Å². The van der Waals surface area contributed by atoms with Crippen LogP contribution in [-0.4, -0.2) is 23.8 Å². The highest BCUT2D eigenvalue weighted by Crippen LogP contribution is 2.48. The molecule has 2 nitrogen and oxygen atoms in total. The van der Waals surface area contributed by atoms with Gasteiger partial charge in [0.2, 0.25) is 0 Å². The number of fused-ring (bicyclic) bond motifs is 1. The predicted molar refractivity (Wildman–Crippen MR) is 122 cm³/mol. The molecule has 5 rings (SSSR count). The third kappa shape index (κ3) is 3.50. The topological polar surface area (TPSA) is 20.3 Å². The van der Waals surface area contributed by atoms with Gasteiger partial charge in [-0.1, -0.05) is 83.9 Å². The number of ketones is 1. The maximum Gasteiger partial charge on any atom is 0.167 e. The minimum absolute atomic E-state index is 0.0566. The number of benzene rings is 3.